The molecule has 0 aliphatic carbocycles. The summed E-state index contributed by atoms with van der Waals surface area (Å²) < 4.78 is 28.4. The minimum absolute atomic E-state index is 0.0888. The Balaban J connectivity index is 2.15. The molecule has 0 saturated heterocycles. The van der Waals surface area contributed by atoms with Gasteiger partial charge in [0.2, 0.25) is 0 Å². The maximum atomic E-state index is 12.9. The fourth-order valence-electron chi connectivity index (χ4n) is 2.01. The summed E-state index contributed by atoms with van der Waals surface area (Å²) in [6, 6.07) is 12.8. The van der Waals surface area contributed by atoms with Crippen molar-refractivity contribution < 1.29 is 23.4 Å². The minimum Gasteiger partial charge on any atom is -0.497 e. The first-order valence-corrected chi connectivity index (χ1v) is 6.74. The smallest absolute Gasteiger partial charge is 0.316 e. The lowest BCUT2D eigenvalue weighted by Gasteiger charge is -2.16. The van der Waals surface area contributed by atoms with Gasteiger partial charge in [-0.05, 0) is 42.0 Å². The first-order valence-electron chi connectivity index (χ1n) is 6.74. The summed E-state index contributed by atoms with van der Waals surface area (Å²) in [6.07, 6.45) is 0. The predicted octanol–water partition coefficient (Wildman–Crippen LogP) is 3.17. The molecule has 116 valence electrons. The van der Waals surface area contributed by atoms with Crippen molar-refractivity contribution in [3.05, 3.63) is 59.9 Å². The van der Waals surface area contributed by atoms with Crippen molar-refractivity contribution in [3.8, 4) is 11.5 Å². The molecule has 5 heteroatoms. The van der Waals surface area contributed by atoms with Crippen LogP contribution in [0.15, 0.2) is 48.5 Å². The number of carbonyl (C=O) groups is 1. The second-order valence-corrected chi connectivity index (χ2v) is 4.62. The van der Waals surface area contributed by atoms with Gasteiger partial charge >= 0.3 is 5.97 Å². The molecule has 4 nitrogen and oxygen atoms in total. The van der Waals surface area contributed by atoms with E-state index in [1.807, 2.05) is 0 Å². The second-order valence-electron chi connectivity index (χ2n) is 4.62. The lowest BCUT2D eigenvalue weighted by atomic mass is 10.00. The van der Waals surface area contributed by atoms with E-state index in [-0.39, 0.29) is 12.4 Å². The van der Waals surface area contributed by atoms with E-state index in [0.29, 0.717) is 11.5 Å². The summed E-state index contributed by atoms with van der Waals surface area (Å²) in [6.45, 7) is 0.0888. The Labute approximate surface area is 128 Å². The molecule has 2 aromatic carbocycles. The van der Waals surface area contributed by atoms with E-state index in [2.05, 4.69) is 0 Å². The van der Waals surface area contributed by atoms with Gasteiger partial charge in [0.1, 0.15) is 29.8 Å². The molecule has 0 bridgehead atoms. The number of esters is 1. The van der Waals surface area contributed by atoms with Crippen LogP contribution in [-0.4, -0.2) is 26.8 Å². The van der Waals surface area contributed by atoms with E-state index in [1.165, 1.54) is 31.4 Å². The van der Waals surface area contributed by atoms with Gasteiger partial charge in [-0.25, -0.2) is 4.39 Å². The van der Waals surface area contributed by atoms with Crippen LogP contribution >= 0.6 is 0 Å². The third-order valence-electron chi connectivity index (χ3n) is 3.21. The number of hydrogen-bond donors (Lipinski definition) is 0. The molecule has 1 unspecified atom stereocenters. The van der Waals surface area contributed by atoms with E-state index < -0.39 is 11.9 Å². The highest BCUT2D eigenvalue weighted by Gasteiger charge is 2.23. The molecule has 2 rings (SSSR count). The molecule has 0 N–H and O–H groups in total. The molecular formula is C17H17FO4. The normalized spacial score (nSPS) is 11.6. The zero-order valence-electron chi connectivity index (χ0n) is 12.4. The van der Waals surface area contributed by atoms with Crippen LogP contribution in [0.25, 0.3) is 0 Å². The average molecular weight is 304 g/mol. The molecule has 2 aromatic rings. The number of halogens is 1. The van der Waals surface area contributed by atoms with Gasteiger partial charge in [0.15, 0.2) is 0 Å². The molecule has 0 aliphatic rings. The second kappa shape index (κ2) is 7.45. The van der Waals surface area contributed by atoms with E-state index in [0.717, 1.165) is 5.56 Å². The number of rotatable bonds is 6. The van der Waals surface area contributed by atoms with Gasteiger partial charge < -0.3 is 14.2 Å². The van der Waals surface area contributed by atoms with Crippen molar-refractivity contribution >= 4 is 5.97 Å². The van der Waals surface area contributed by atoms with E-state index in [4.69, 9.17) is 14.2 Å². The van der Waals surface area contributed by atoms with Crippen LogP contribution in [0.3, 0.4) is 0 Å². The first-order chi connectivity index (χ1) is 10.6. The summed E-state index contributed by atoms with van der Waals surface area (Å²) in [5, 5.41) is 0. The molecule has 0 heterocycles. The summed E-state index contributed by atoms with van der Waals surface area (Å²) in [4.78, 5) is 12.0. The Morgan fingerprint density at radius 2 is 1.82 bits per heavy atom. The number of carbonyl (C=O) groups excluding carboxylic acids is 1. The first kappa shape index (κ1) is 15.8. The standard InChI is InChI=1S/C17H17FO4/c1-20-15-5-3-4-12(10-15)16(17(19)21-2)11-22-14-8-6-13(18)7-9-14/h3-10,16H,11H2,1-2H3. The Kier molecular flexibility index (Phi) is 5.36. The fraction of sp³-hybridized carbons (Fsp3) is 0.235. The molecule has 0 fully saturated rings. The van der Waals surface area contributed by atoms with Crippen LogP contribution in [0.1, 0.15) is 11.5 Å². The maximum absolute atomic E-state index is 12.9. The third-order valence-corrected chi connectivity index (χ3v) is 3.21. The van der Waals surface area contributed by atoms with Gasteiger partial charge in [-0.15, -0.1) is 0 Å². The Morgan fingerprint density at radius 3 is 2.45 bits per heavy atom. The van der Waals surface area contributed by atoms with Gasteiger partial charge in [-0.1, -0.05) is 12.1 Å². The molecule has 0 radical (unpaired) electrons. The van der Waals surface area contributed by atoms with Gasteiger partial charge in [-0.3, -0.25) is 4.79 Å². The Morgan fingerprint density at radius 1 is 1.09 bits per heavy atom. The zero-order chi connectivity index (χ0) is 15.9. The van der Waals surface area contributed by atoms with Crippen LogP contribution in [-0.2, 0) is 9.53 Å². The number of ether oxygens (including phenoxy) is 3. The molecule has 0 aliphatic heterocycles. The lowest BCUT2D eigenvalue weighted by molar-refractivity contribution is -0.143. The van der Waals surface area contributed by atoms with Crippen molar-refractivity contribution in [1.82, 2.24) is 0 Å². The average Bonchev–Trinajstić information content (AvgIpc) is 2.56. The molecular weight excluding hydrogens is 287 g/mol. The van der Waals surface area contributed by atoms with Crippen molar-refractivity contribution in [1.29, 1.82) is 0 Å². The number of methoxy groups -OCH3 is 2. The quantitative estimate of drug-likeness (QED) is 0.769. The Bertz CT molecular complexity index is 625. The Hall–Kier alpha value is -2.56. The van der Waals surface area contributed by atoms with Crippen molar-refractivity contribution in [2.45, 2.75) is 5.92 Å². The summed E-state index contributed by atoms with van der Waals surface area (Å²) >= 11 is 0. The van der Waals surface area contributed by atoms with Gasteiger partial charge in [-0.2, -0.15) is 0 Å². The van der Waals surface area contributed by atoms with E-state index >= 15 is 0 Å². The fourth-order valence-corrected chi connectivity index (χ4v) is 2.01. The highest BCUT2D eigenvalue weighted by molar-refractivity contribution is 5.78. The van der Waals surface area contributed by atoms with Crippen LogP contribution in [0.5, 0.6) is 11.5 Å². The highest BCUT2D eigenvalue weighted by atomic mass is 19.1. The van der Waals surface area contributed by atoms with Crippen LogP contribution in [0.2, 0.25) is 0 Å². The largest absolute Gasteiger partial charge is 0.497 e. The molecule has 0 aromatic heterocycles. The zero-order valence-corrected chi connectivity index (χ0v) is 12.4. The van der Waals surface area contributed by atoms with Crippen LogP contribution < -0.4 is 9.47 Å². The predicted molar refractivity (Wildman–Crippen MR) is 79.6 cm³/mol. The molecule has 0 saturated carbocycles. The van der Waals surface area contributed by atoms with Crippen molar-refractivity contribution in [2.24, 2.45) is 0 Å². The van der Waals surface area contributed by atoms with Crippen molar-refractivity contribution in [2.75, 3.05) is 20.8 Å². The minimum atomic E-state index is -0.592. The number of hydrogen-bond acceptors (Lipinski definition) is 4. The lowest BCUT2D eigenvalue weighted by Crippen LogP contribution is -2.21. The van der Waals surface area contributed by atoms with Gasteiger partial charge in [0, 0.05) is 0 Å². The summed E-state index contributed by atoms with van der Waals surface area (Å²) in [7, 11) is 2.88. The van der Waals surface area contributed by atoms with E-state index in [1.54, 1.807) is 31.4 Å². The van der Waals surface area contributed by atoms with Crippen molar-refractivity contribution in [3.63, 3.8) is 0 Å². The molecule has 0 spiro atoms. The monoisotopic (exact) mass is 304 g/mol. The maximum Gasteiger partial charge on any atom is 0.316 e. The molecule has 1 atom stereocenters. The highest BCUT2D eigenvalue weighted by Crippen LogP contribution is 2.23. The summed E-state index contributed by atoms with van der Waals surface area (Å²) in [5.74, 6) is -0.212. The SMILES string of the molecule is COC(=O)C(COc1ccc(F)cc1)c1cccc(OC)c1. The van der Waals surface area contributed by atoms with E-state index in [9.17, 15) is 9.18 Å². The third kappa shape index (κ3) is 3.97. The molecule has 22 heavy (non-hydrogen) atoms. The topological polar surface area (TPSA) is 44.8 Å². The van der Waals surface area contributed by atoms with Gasteiger partial charge in [0.05, 0.1) is 14.2 Å². The van der Waals surface area contributed by atoms with Gasteiger partial charge in [0.25, 0.3) is 0 Å². The number of benzene rings is 2. The summed E-state index contributed by atoms with van der Waals surface area (Å²) in [5.41, 5.74) is 0.730. The van der Waals surface area contributed by atoms with Crippen LogP contribution in [0.4, 0.5) is 4.39 Å². The van der Waals surface area contributed by atoms with Crippen LogP contribution in [0, 0.1) is 5.82 Å². The molecule has 0 amide bonds.